The van der Waals surface area contributed by atoms with Gasteiger partial charge in [-0.05, 0) is 31.0 Å². The Kier molecular flexibility index (Phi) is 4.55. The maximum Gasteiger partial charge on any atom is 0.318 e. The predicted octanol–water partition coefficient (Wildman–Crippen LogP) is 0.983. The normalized spacial score (nSPS) is 16.5. The fraction of sp³-hybridized carbons (Fsp3) is 0.500. The number of nitrogens with one attached hydrogen (secondary N) is 2. The molecule has 20 heavy (non-hydrogen) atoms. The molecular formula is C14H20N4O2. The van der Waals surface area contributed by atoms with Crippen LogP contribution in [0.25, 0.3) is 0 Å². The van der Waals surface area contributed by atoms with Crippen LogP contribution in [-0.4, -0.2) is 41.5 Å². The van der Waals surface area contributed by atoms with Gasteiger partial charge in [0.25, 0.3) is 0 Å². The molecule has 2 heterocycles. The summed E-state index contributed by atoms with van der Waals surface area (Å²) in [6.45, 7) is 5.15. The number of hydrogen-bond acceptors (Lipinski definition) is 3. The Balaban J connectivity index is 2.02. The number of hydrogen-bond donors (Lipinski definition) is 2. The summed E-state index contributed by atoms with van der Waals surface area (Å²) in [5.74, 6) is -0.117. The Morgan fingerprint density at radius 1 is 1.60 bits per heavy atom. The molecule has 0 unspecified atom stereocenters. The minimum atomic E-state index is -0.213. The van der Waals surface area contributed by atoms with Crippen molar-refractivity contribution in [2.45, 2.75) is 26.3 Å². The molecule has 0 radical (unpaired) electrons. The van der Waals surface area contributed by atoms with Crippen LogP contribution < -0.4 is 10.6 Å². The van der Waals surface area contributed by atoms with E-state index in [-0.39, 0.29) is 24.5 Å². The molecule has 0 aromatic carbocycles. The van der Waals surface area contributed by atoms with E-state index in [0.717, 1.165) is 17.7 Å². The van der Waals surface area contributed by atoms with Crippen LogP contribution in [0.4, 0.5) is 4.79 Å². The van der Waals surface area contributed by atoms with Crippen LogP contribution in [0.2, 0.25) is 0 Å². The second-order valence-electron chi connectivity index (χ2n) is 4.94. The van der Waals surface area contributed by atoms with Gasteiger partial charge in [0.05, 0.1) is 11.7 Å². The summed E-state index contributed by atoms with van der Waals surface area (Å²) in [6.07, 6.45) is 2.50. The van der Waals surface area contributed by atoms with Crippen molar-refractivity contribution in [3.63, 3.8) is 0 Å². The molecule has 108 valence electrons. The summed E-state index contributed by atoms with van der Waals surface area (Å²) in [6, 6.07) is 3.55. The van der Waals surface area contributed by atoms with Gasteiger partial charge in [0.15, 0.2) is 0 Å². The number of piperazine rings is 1. The average molecular weight is 276 g/mol. The molecule has 0 bridgehead atoms. The lowest BCUT2D eigenvalue weighted by atomic mass is 10.1. The van der Waals surface area contributed by atoms with Crippen molar-refractivity contribution >= 4 is 11.9 Å². The Morgan fingerprint density at radius 3 is 3.05 bits per heavy atom. The lowest BCUT2D eigenvalue weighted by molar-refractivity contribution is -0.123. The molecule has 2 rings (SSSR count). The Labute approximate surface area is 118 Å². The van der Waals surface area contributed by atoms with Gasteiger partial charge in [0.1, 0.15) is 6.54 Å². The predicted molar refractivity (Wildman–Crippen MR) is 75.1 cm³/mol. The van der Waals surface area contributed by atoms with E-state index in [4.69, 9.17) is 0 Å². The molecule has 1 aromatic heterocycles. The molecule has 6 heteroatoms. The van der Waals surface area contributed by atoms with Crippen molar-refractivity contribution in [2.24, 2.45) is 0 Å². The first-order valence-corrected chi connectivity index (χ1v) is 6.85. The maximum absolute atomic E-state index is 12.2. The van der Waals surface area contributed by atoms with Crippen LogP contribution >= 0.6 is 0 Å². The highest BCUT2D eigenvalue weighted by molar-refractivity contribution is 5.85. The van der Waals surface area contributed by atoms with Gasteiger partial charge in [0, 0.05) is 19.3 Å². The Hall–Kier alpha value is -2.11. The molecule has 3 amide bonds. The molecular weight excluding hydrogens is 256 g/mol. The zero-order valence-electron chi connectivity index (χ0n) is 11.8. The molecule has 1 saturated heterocycles. The smallest absolute Gasteiger partial charge is 0.318 e. The molecule has 2 N–H and O–H groups in total. The second kappa shape index (κ2) is 6.36. The third kappa shape index (κ3) is 3.46. The van der Waals surface area contributed by atoms with Gasteiger partial charge < -0.3 is 15.5 Å². The van der Waals surface area contributed by atoms with E-state index in [1.54, 1.807) is 6.20 Å². The third-order valence-corrected chi connectivity index (χ3v) is 3.33. The van der Waals surface area contributed by atoms with E-state index in [1.807, 2.05) is 26.0 Å². The number of nitrogens with zero attached hydrogens (tertiary/aromatic N) is 2. The summed E-state index contributed by atoms with van der Waals surface area (Å²) in [5.41, 5.74) is 1.96. The van der Waals surface area contributed by atoms with Crippen molar-refractivity contribution in [3.8, 4) is 0 Å². The van der Waals surface area contributed by atoms with Crippen LogP contribution in [0.1, 0.15) is 30.6 Å². The zero-order valence-corrected chi connectivity index (χ0v) is 11.8. The molecule has 1 atom stereocenters. The first-order valence-electron chi connectivity index (χ1n) is 6.85. The van der Waals surface area contributed by atoms with Gasteiger partial charge in [-0.3, -0.25) is 9.78 Å². The summed E-state index contributed by atoms with van der Waals surface area (Å²) in [7, 11) is 0. The molecule has 6 nitrogen and oxygen atoms in total. The summed E-state index contributed by atoms with van der Waals surface area (Å²) >= 11 is 0. The maximum atomic E-state index is 12.2. The van der Waals surface area contributed by atoms with Gasteiger partial charge >= 0.3 is 6.03 Å². The van der Waals surface area contributed by atoms with Crippen molar-refractivity contribution in [1.82, 2.24) is 20.5 Å². The number of pyridine rings is 1. The highest BCUT2D eigenvalue weighted by Gasteiger charge is 2.23. The summed E-state index contributed by atoms with van der Waals surface area (Å²) in [5, 5.41) is 5.65. The first-order chi connectivity index (χ1) is 9.60. The molecule has 1 aliphatic heterocycles. The largest absolute Gasteiger partial charge is 0.353 e. The highest BCUT2D eigenvalue weighted by atomic mass is 16.2. The Morgan fingerprint density at radius 2 is 2.40 bits per heavy atom. The number of carbonyl (C=O) groups excluding carboxylic acids is 2. The third-order valence-electron chi connectivity index (χ3n) is 3.33. The van der Waals surface area contributed by atoms with E-state index >= 15 is 0 Å². The van der Waals surface area contributed by atoms with E-state index < -0.39 is 0 Å². The van der Waals surface area contributed by atoms with Gasteiger partial charge in [-0.25, -0.2) is 4.79 Å². The lowest BCUT2D eigenvalue weighted by Gasteiger charge is -2.28. The van der Waals surface area contributed by atoms with Gasteiger partial charge in [0.2, 0.25) is 5.91 Å². The quantitative estimate of drug-likeness (QED) is 0.864. The molecule has 1 fully saturated rings. The number of carbonyl (C=O) groups is 2. The first kappa shape index (κ1) is 14.3. The van der Waals surface area contributed by atoms with Crippen molar-refractivity contribution < 1.29 is 9.59 Å². The fourth-order valence-corrected chi connectivity index (χ4v) is 2.19. The molecule has 0 aliphatic carbocycles. The van der Waals surface area contributed by atoms with E-state index in [2.05, 4.69) is 15.6 Å². The van der Waals surface area contributed by atoms with Crippen molar-refractivity contribution in [2.75, 3.05) is 19.6 Å². The van der Waals surface area contributed by atoms with Gasteiger partial charge in [-0.2, -0.15) is 0 Å². The minimum Gasteiger partial charge on any atom is -0.353 e. The summed E-state index contributed by atoms with van der Waals surface area (Å²) < 4.78 is 0. The zero-order chi connectivity index (χ0) is 14.5. The van der Waals surface area contributed by atoms with Crippen LogP contribution in [0.5, 0.6) is 0 Å². The van der Waals surface area contributed by atoms with Crippen LogP contribution in [-0.2, 0) is 4.79 Å². The van der Waals surface area contributed by atoms with E-state index in [9.17, 15) is 9.59 Å². The monoisotopic (exact) mass is 276 g/mol. The van der Waals surface area contributed by atoms with Crippen molar-refractivity contribution in [3.05, 3.63) is 29.6 Å². The second-order valence-corrected chi connectivity index (χ2v) is 4.94. The van der Waals surface area contributed by atoms with Crippen molar-refractivity contribution in [1.29, 1.82) is 0 Å². The van der Waals surface area contributed by atoms with E-state index in [0.29, 0.717) is 13.1 Å². The number of amides is 3. The fourth-order valence-electron chi connectivity index (χ4n) is 2.19. The number of aryl methyl sites for hydroxylation is 1. The Bertz CT molecular complexity index is 504. The van der Waals surface area contributed by atoms with Crippen LogP contribution in [0, 0.1) is 6.92 Å². The summed E-state index contributed by atoms with van der Waals surface area (Å²) in [4.78, 5) is 29.3. The SMILES string of the molecule is CC[C@H](NC(=O)N1CCNC(=O)C1)c1cc(C)ccn1. The molecule has 1 aromatic rings. The van der Waals surface area contributed by atoms with Crippen LogP contribution in [0.3, 0.4) is 0 Å². The standard InChI is InChI=1S/C14H20N4O2/c1-3-11(12-8-10(2)4-5-15-12)17-14(20)18-7-6-16-13(19)9-18/h4-5,8,11H,3,6-7,9H2,1-2H3,(H,16,19)(H,17,20)/t11-/m0/s1. The number of urea groups is 1. The molecule has 0 spiro atoms. The molecule has 0 saturated carbocycles. The highest BCUT2D eigenvalue weighted by Crippen LogP contribution is 2.15. The lowest BCUT2D eigenvalue weighted by Crippen LogP contribution is -2.53. The minimum absolute atomic E-state index is 0.115. The van der Waals surface area contributed by atoms with E-state index in [1.165, 1.54) is 4.90 Å². The molecule has 1 aliphatic rings. The van der Waals surface area contributed by atoms with Gasteiger partial charge in [-0.1, -0.05) is 6.92 Å². The number of aromatic nitrogens is 1. The van der Waals surface area contributed by atoms with Gasteiger partial charge in [-0.15, -0.1) is 0 Å². The topological polar surface area (TPSA) is 74.3 Å². The average Bonchev–Trinajstić information content (AvgIpc) is 2.44. The number of rotatable bonds is 3. The van der Waals surface area contributed by atoms with Crippen LogP contribution in [0.15, 0.2) is 18.3 Å².